The number of nitrogens with zero attached hydrogens (tertiary/aromatic N) is 1. The first-order valence-corrected chi connectivity index (χ1v) is 10.3. The van der Waals surface area contributed by atoms with Crippen LogP contribution in [0, 0.1) is 0 Å². The molecule has 1 amide bonds. The summed E-state index contributed by atoms with van der Waals surface area (Å²) in [6.45, 7) is 4.56. The quantitative estimate of drug-likeness (QED) is 0.664. The van der Waals surface area contributed by atoms with Crippen LogP contribution < -0.4 is 20.3 Å². The van der Waals surface area contributed by atoms with Crippen molar-refractivity contribution in [2.24, 2.45) is 0 Å². The van der Waals surface area contributed by atoms with Crippen LogP contribution in [0.5, 0.6) is 5.75 Å². The summed E-state index contributed by atoms with van der Waals surface area (Å²) in [4.78, 5) is 14.7. The molecule has 1 atom stereocenters. The number of carbonyl (C=O) groups is 1. The van der Waals surface area contributed by atoms with Crippen molar-refractivity contribution in [3.63, 3.8) is 0 Å². The monoisotopic (exact) mass is 453 g/mol. The first-order valence-electron chi connectivity index (χ1n) is 9.09. The highest BCUT2D eigenvalue weighted by Crippen LogP contribution is 2.28. The van der Waals surface area contributed by atoms with Crippen molar-refractivity contribution < 1.29 is 14.3 Å². The third kappa shape index (κ3) is 5.96. The summed E-state index contributed by atoms with van der Waals surface area (Å²) in [6.07, 6.45) is -0.803. The Labute approximate surface area is 185 Å². The number of para-hydroxylation sites is 2. The fourth-order valence-corrected chi connectivity index (χ4v) is 3.50. The lowest BCUT2D eigenvalue weighted by Crippen LogP contribution is -2.42. The number of ether oxygens (including phenoxy) is 2. The Hall–Kier alpha value is -2.06. The van der Waals surface area contributed by atoms with Crippen molar-refractivity contribution in [3.8, 4) is 5.75 Å². The number of hydrogen-bond acceptors (Lipinski definition) is 5. The van der Waals surface area contributed by atoms with Crippen LogP contribution in [0.3, 0.4) is 0 Å². The smallest absolute Gasteiger partial charge is 0.266 e. The van der Waals surface area contributed by atoms with E-state index in [2.05, 4.69) is 15.5 Å². The molecule has 0 radical (unpaired) electrons. The molecular formula is C20H21Cl2N3O3S. The van der Waals surface area contributed by atoms with Gasteiger partial charge < -0.3 is 19.7 Å². The first kappa shape index (κ1) is 21.6. The van der Waals surface area contributed by atoms with Crippen molar-refractivity contribution in [3.05, 3.63) is 52.5 Å². The van der Waals surface area contributed by atoms with Crippen LogP contribution in [0.25, 0.3) is 0 Å². The molecule has 29 heavy (non-hydrogen) atoms. The molecule has 0 spiro atoms. The van der Waals surface area contributed by atoms with Crippen LogP contribution in [0.15, 0.2) is 42.5 Å². The molecule has 1 fully saturated rings. The van der Waals surface area contributed by atoms with E-state index in [1.165, 1.54) is 0 Å². The summed E-state index contributed by atoms with van der Waals surface area (Å²) >= 11 is 17.3. The lowest BCUT2D eigenvalue weighted by atomic mass is 10.2. The number of nitrogens with one attached hydrogen (secondary N) is 2. The molecular weight excluding hydrogens is 433 g/mol. The third-order valence-electron chi connectivity index (χ3n) is 4.31. The molecule has 1 saturated heterocycles. The van der Waals surface area contributed by atoms with Crippen LogP contribution in [-0.2, 0) is 9.53 Å². The number of amides is 1. The number of benzene rings is 2. The molecule has 0 saturated carbocycles. The Balaban J connectivity index is 1.59. The molecule has 0 aliphatic carbocycles. The molecule has 0 bridgehead atoms. The molecule has 1 heterocycles. The summed E-state index contributed by atoms with van der Waals surface area (Å²) in [5.74, 6) is -0.0207. The summed E-state index contributed by atoms with van der Waals surface area (Å²) in [5, 5.41) is 6.76. The molecule has 1 aliphatic heterocycles. The highest BCUT2D eigenvalue weighted by atomic mass is 35.5. The second-order valence-electron chi connectivity index (χ2n) is 6.39. The van der Waals surface area contributed by atoms with Gasteiger partial charge in [0.25, 0.3) is 5.91 Å². The van der Waals surface area contributed by atoms with Crippen molar-refractivity contribution in [1.82, 2.24) is 5.32 Å². The van der Waals surface area contributed by atoms with Gasteiger partial charge in [-0.1, -0.05) is 35.3 Å². The number of morpholine rings is 1. The van der Waals surface area contributed by atoms with E-state index in [0.29, 0.717) is 29.0 Å². The Kier molecular flexibility index (Phi) is 7.55. The third-order valence-corrected chi connectivity index (χ3v) is 5.04. The molecule has 9 heteroatoms. The van der Waals surface area contributed by atoms with Crippen molar-refractivity contribution >= 4 is 57.8 Å². The van der Waals surface area contributed by atoms with Crippen LogP contribution in [0.4, 0.5) is 11.4 Å². The second kappa shape index (κ2) is 10.1. The van der Waals surface area contributed by atoms with Crippen LogP contribution in [0.2, 0.25) is 10.0 Å². The molecule has 1 unspecified atom stereocenters. The van der Waals surface area contributed by atoms with E-state index >= 15 is 0 Å². The highest BCUT2D eigenvalue weighted by Gasteiger charge is 2.19. The summed E-state index contributed by atoms with van der Waals surface area (Å²) in [7, 11) is 0. The van der Waals surface area contributed by atoms with Gasteiger partial charge >= 0.3 is 0 Å². The summed E-state index contributed by atoms with van der Waals surface area (Å²) in [6, 6.07) is 12.6. The number of hydrogen-bond donors (Lipinski definition) is 2. The molecule has 2 N–H and O–H groups in total. The Morgan fingerprint density at radius 2 is 1.93 bits per heavy atom. The molecule has 1 aliphatic rings. The Bertz CT molecular complexity index is 891. The molecule has 154 valence electrons. The van der Waals surface area contributed by atoms with Crippen molar-refractivity contribution in [2.45, 2.75) is 13.0 Å². The average molecular weight is 454 g/mol. The molecule has 2 aromatic carbocycles. The van der Waals surface area contributed by atoms with E-state index in [1.807, 2.05) is 24.3 Å². The highest BCUT2D eigenvalue weighted by molar-refractivity contribution is 7.80. The van der Waals surface area contributed by atoms with E-state index < -0.39 is 12.0 Å². The largest absolute Gasteiger partial charge is 0.479 e. The predicted octanol–water partition coefficient (Wildman–Crippen LogP) is 4.11. The van der Waals surface area contributed by atoms with Gasteiger partial charge in [0.15, 0.2) is 11.2 Å². The Morgan fingerprint density at radius 1 is 1.21 bits per heavy atom. The maximum atomic E-state index is 12.5. The normalized spacial score (nSPS) is 14.8. The van der Waals surface area contributed by atoms with Gasteiger partial charge in [-0.05, 0) is 49.5 Å². The van der Waals surface area contributed by atoms with Crippen molar-refractivity contribution in [2.75, 3.05) is 36.5 Å². The second-order valence-corrected chi connectivity index (χ2v) is 7.65. The SMILES string of the molecule is CC(Oc1ccc(Cl)cc1Cl)C(=O)NC(=S)Nc1ccccc1N1CCOCC1. The molecule has 6 nitrogen and oxygen atoms in total. The molecule has 3 rings (SSSR count). The Morgan fingerprint density at radius 3 is 2.66 bits per heavy atom. The van der Waals surface area contributed by atoms with Gasteiger partial charge in [-0.15, -0.1) is 0 Å². The number of halogens is 2. The van der Waals surface area contributed by atoms with Gasteiger partial charge in [0.2, 0.25) is 0 Å². The lowest BCUT2D eigenvalue weighted by Gasteiger charge is -2.30. The fraction of sp³-hybridized carbons (Fsp3) is 0.300. The average Bonchev–Trinajstić information content (AvgIpc) is 2.71. The zero-order valence-electron chi connectivity index (χ0n) is 15.8. The zero-order chi connectivity index (χ0) is 20.8. The predicted molar refractivity (Wildman–Crippen MR) is 120 cm³/mol. The van der Waals surface area contributed by atoms with Gasteiger partial charge in [-0.2, -0.15) is 0 Å². The van der Waals surface area contributed by atoms with Crippen LogP contribution >= 0.6 is 35.4 Å². The van der Waals surface area contributed by atoms with E-state index in [9.17, 15) is 4.79 Å². The van der Waals surface area contributed by atoms with Gasteiger partial charge in [-0.25, -0.2) is 0 Å². The topological polar surface area (TPSA) is 62.8 Å². The first-order chi connectivity index (χ1) is 13.9. The van der Waals surface area contributed by atoms with Crippen LogP contribution in [0.1, 0.15) is 6.92 Å². The summed E-state index contributed by atoms with van der Waals surface area (Å²) < 4.78 is 11.0. The minimum atomic E-state index is -0.803. The number of carbonyl (C=O) groups excluding carboxylic acids is 1. The van der Waals surface area contributed by atoms with Crippen molar-refractivity contribution in [1.29, 1.82) is 0 Å². The molecule has 2 aromatic rings. The molecule has 0 aromatic heterocycles. The van der Waals surface area contributed by atoms with Gasteiger partial charge in [0.05, 0.1) is 29.6 Å². The minimum absolute atomic E-state index is 0.188. The van der Waals surface area contributed by atoms with E-state index in [4.69, 9.17) is 44.9 Å². The maximum Gasteiger partial charge on any atom is 0.266 e. The standard InChI is InChI=1S/C20H21Cl2N3O3S/c1-13(28-18-7-6-14(21)12-15(18)22)19(26)24-20(29)23-16-4-2-3-5-17(16)25-8-10-27-11-9-25/h2-7,12-13H,8-11H2,1H3,(H2,23,24,26,29). The number of thiocarbonyl (C=S) groups is 1. The minimum Gasteiger partial charge on any atom is -0.479 e. The van der Waals surface area contributed by atoms with Gasteiger partial charge in [-0.3, -0.25) is 10.1 Å². The van der Waals surface area contributed by atoms with Gasteiger partial charge in [0.1, 0.15) is 5.75 Å². The van der Waals surface area contributed by atoms with E-state index in [-0.39, 0.29) is 5.11 Å². The number of rotatable bonds is 5. The number of anilines is 2. The fourth-order valence-electron chi connectivity index (χ4n) is 2.84. The maximum absolute atomic E-state index is 12.5. The lowest BCUT2D eigenvalue weighted by molar-refractivity contribution is -0.125. The van der Waals surface area contributed by atoms with E-state index in [0.717, 1.165) is 24.5 Å². The van der Waals surface area contributed by atoms with Crippen LogP contribution in [-0.4, -0.2) is 43.4 Å². The summed E-state index contributed by atoms with van der Waals surface area (Å²) in [5.41, 5.74) is 1.82. The van der Waals surface area contributed by atoms with E-state index in [1.54, 1.807) is 25.1 Å². The van der Waals surface area contributed by atoms with Gasteiger partial charge in [0, 0.05) is 18.1 Å². The zero-order valence-corrected chi connectivity index (χ0v) is 18.1.